The molecule has 0 fully saturated rings. The minimum Gasteiger partial charge on any atom is -0.208 e. The maximum absolute atomic E-state index is 5.18. The zero-order chi connectivity index (χ0) is 52.5. The van der Waals surface area contributed by atoms with Crippen LogP contribution >= 0.6 is 0 Å². The molecular formula is C72H52N6. The Hall–Kier alpha value is -9.78. The van der Waals surface area contributed by atoms with E-state index in [1.54, 1.807) is 0 Å². The second-order valence-electron chi connectivity index (χ2n) is 21.5. The fourth-order valence-corrected chi connectivity index (χ4v) is 11.7. The van der Waals surface area contributed by atoms with Gasteiger partial charge >= 0.3 is 0 Å². The molecule has 370 valence electrons. The van der Waals surface area contributed by atoms with Crippen molar-refractivity contribution < 1.29 is 0 Å². The molecule has 6 heteroatoms. The largest absolute Gasteiger partial charge is 0.208 e. The molecule has 0 spiro atoms. The molecule has 14 rings (SSSR count). The fourth-order valence-electron chi connectivity index (χ4n) is 11.7. The van der Waals surface area contributed by atoms with Crippen LogP contribution in [0.15, 0.2) is 243 Å². The van der Waals surface area contributed by atoms with E-state index in [2.05, 4.69) is 191 Å². The topological polar surface area (TPSA) is 77.3 Å². The van der Waals surface area contributed by atoms with Crippen molar-refractivity contribution in [1.82, 2.24) is 29.9 Å². The third-order valence-electron chi connectivity index (χ3n) is 16.0. The van der Waals surface area contributed by atoms with Gasteiger partial charge < -0.3 is 0 Å². The van der Waals surface area contributed by atoms with Crippen molar-refractivity contribution in [2.24, 2.45) is 0 Å². The van der Waals surface area contributed by atoms with E-state index in [1.807, 2.05) is 78.9 Å². The van der Waals surface area contributed by atoms with Crippen LogP contribution in [0, 0.1) is 0 Å². The predicted molar refractivity (Wildman–Crippen MR) is 317 cm³/mol. The van der Waals surface area contributed by atoms with Crippen LogP contribution in [0.5, 0.6) is 0 Å². The van der Waals surface area contributed by atoms with Gasteiger partial charge in [0.05, 0.1) is 0 Å². The Bertz CT molecular complexity index is 4220. The highest BCUT2D eigenvalue weighted by molar-refractivity contribution is 5.87. The molecule has 0 bridgehead atoms. The summed E-state index contributed by atoms with van der Waals surface area (Å²) in [5.41, 5.74) is 22.7. The molecular weight excluding hydrogens is 949 g/mol. The SMILES string of the molecule is CC1(C)c2ccccc2-c2ccc(-c3cccc(-c4nc(-c5ccccc5)nc(-c5ccc(-c6ccc7c(c6)C(C)(C)c6cc(-c8ccc(-c9nc(-c%10ccccc%10)nc(-c%10ccccc%10)n9)cc8)ccc6-7)cc5)n4)c3)cc21. The Morgan fingerprint density at radius 1 is 0.192 bits per heavy atom. The van der Waals surface area contributed by atoms with E-state index in [1.165, 1.54) is 55.6 Å². The quantitative estimate of drug-likeness (QED) is 0.143. The summed E-state index contributed by atoms with van der Waals surface area (Å²) in [4.78, 5) is 30.2. The molecule has 0 atom stereocenters. The van der Waals surface area contributed by atoms with Gasteiger partial charge in [-0.3, -0.25) is 0 Å². The van der Waals surface area contributed by atoms with Crippen LogP contribution in [0.4, 0.5) is 0 Å². The number of aromatic nitrogens is 6. The van der Waals surface area contributed by atoms with Gasteiger partial charge in [-0.05, 0) is 102 Å². The molecule has 6 nitrogen and oxygen atoms in total. The van der Waals surface area contributed by atoms with E-state index in [-0.39, 0.29) is 10.8 Å². The summed E-state index contributed by atoms with van der Waals surface area (Å²) >= 11 is 0. The van der Waals surface area contributed by atoms with Crippen molar-refractivity contribution in [3.63, 3.8) is 0 Å². The third-order valence-corrected chi connectivity index (χ3v) is 16.0. The van der Waals surface area contributed by atoms with Gasteiger partial charge in [-0.15, -0.1) is 0 Å². The lowest BCUT2D eigenvalue weighted by atomic mass is 9.81. The first-order valence-electron chi connectivity index (χ1n) is 26.7. The lowest BCUT2D eigenvalue weighted by Gasteiger charge is -2.22. The number of hydrogen-bond acceptors (Lipinski definition) is 6. The minimum absolute atomic E-state index is 0.0874. The Balaban J connectivity index is 0.741. The number of hydrogen-bond donors (Lipinski definition) is 0. The van der Waals surface area contributed by atoms with Gasteiger partial charge in [0, 0.05) is 44.2 Å². The molecule has 0 radical (unpaired) electrons. The van der Waals surface area contributed by atoms with Crippen LogP contribution in [0.25, 0.3) is 124 Å². The van der Waals surface area contributed by atoms with Crippen molar-refractivity contribution in [2.75, 3.05) is 0 Å². The van der Waals surface area contributed by atoms with Gasteiger partial charge in [0.1, 0.15) is 0 Å². The van der Waals surface area contributed by atoms with Crippen LogP contribution in [0.3, 0.4) is 0 Å². The van der Waals surface area contributed by atoms with Crippen LogP contribution in [0.2, 0.25) is 0 Å². The molecule has 0 aliphatic heterocycles. The maximum Gasteiger partial charge on any atom is 0.164 e. The second-order valence-corrected chi connectivity index (χ2v) is 21.5. The summed E-state index contributed by atoms with van der Waals surface area (Å²) in [5, 5.41) is 0. The van der Waals surface area contributed by atoms with Gasteiger partial charge in [0.25, 0.3) is 0 Å². The van der Waals surface area contributed by atoms with Gasteiger partial charge in [-0.25, -0.2) is 29.9 Å². The number of fused-ring (bicyclic) bond motifs is 6. The summed E-state index contributed by atoms with van der Waals surface area (Å²) < 4.78 is 0. The highest BCUT2D eigenvalue weighted by atomic mass is 15.0. The molecule has 78 heavy (non-hydrogen) atoms. The van der Waals surface area contributed by atoms with Crippen molar-refractivity contribution in [3.05, 3.63) is 265 Å². The van der Waals surface area contributed by atoms with Crippen molar-refractivity contribution in [1.29, 1.82) is 0 Å². The smallest absolute Gasteiger partial charge is 0.164 e. The monoisotopic (exact) mass is 1000 g/mol. The summed E-state index contributed by atoms with van der Waals surface area (Å²) in [6, 6.07) is 85.7. The van der Waals surface area contributed by atoms with Crippen molar-refractivity contribution >= 4 is 0 Å². The highest BCUT2D eigenvalue weighted by Crippen LogP contribution is 2.52. The van der Waals surface area contributed by atoms with Gasteiger partial charge in [-0.2, -0.15) is 0 Å². The van der Waals surface area contributed by atoms with Gasteiger partial charge in [-0.1, -0.05) is 246 Å². The van der Waals surface area contributed by atoms with E-state index in [4.69, 9.17) is 29.9 Å². The highest BCUT2D eigenvalue weighted by Gasteiger charge is 2.37. The lowest BCUT2D eigenvalue weighted by Crippen LogP contribution is -2.15. The van der Waals surface area contributed by atoms with E-state index in [9.17, 15) is 0 Å². The molecule has 12 aromatic rings. The van der Waals surface area contributed by atoms with Crippen LogP contribution in [-0.4, -0.2) is 29.9 Å². The first-order valence-corrected chi connectivity index (χ1v) is 26.7. The predicted octanol–water partition coefficient (Wildman–Crippen LogP) is 17.7. The normalized spacial score (nSPS) is 13.3. The van der Waals surface area contributed by atoms with E-state index in [0.717, 1.165) is 55.6 Å². The molecule has 0 saturated carbocycles. The Labute approximate surface area is 455 Å². The Morgan fingerprint density at radius 3 is 0.859 bits per heavy atom. The average Bonchev–Trinajstić information content (AvgIpc) is 3.89. The summed E-state index contributed by atoms with van der Waals surface area (Å²) in [7, 11) is 0. The van der Waals surface area contributed by atoms with E-state index in [0.29, 0.717) is 34.9 Å². The lowest BCUT2D eigenvalue weighted by molar-refractivity contribution is 0.660. The summed E-state index contributed by atoms with van der Waals surface area (Å²) in [6.07, 6.45) is 0. The van der Waals surface area contributed by atoms with Gasteiger partial charge in [0.15, 0.2) is 34.9 Å². The molecule has 2 heterocycles. The average molecular weight is 1000 g/mol. The van der Waals surface area contributed by atoms with Crippen molar-refractivity contribution in [3.8, 4) is 124 Å². The molecule has 0 unspecified atom stereocenters. The Kier molecular flexibility index (Phi) is 11.1. The fraction of sp³-hybridized carbons (Fsp3) is 0.0833. The van der Waals surface area contributed by atoms with E-state index < -0.39 is 0 Å². The molecule has 2 aromatic heterocycles. The molecule has 10 aromatic carbocycles. The minimum atomic E-state index is -0.224. The number of nitrogens with zero attached hydrogens (tertiary/aromatic N) is 6. The Morgan fingerprint density at radius 2 is 0.449 bits per heavy atom. The first-order chi connectivity index (χ1) is 38.1. The molecule has 0 saturated heterocycles. The molecule has 2 aliphatic rings. The van der Waals surface area contributed by atoms with Crippen molar-refractivity contribution in [2.45, 2.75) is 38.5 Å². The van der Waals surface area contributed by atoms with E-state index >= 15 is 0 Å². The molecule has 0 amide bonds. The second kappa shape index (κ2) is 18.5. The van der Waals surface area contributed by atoms with Crippen LogP contribution in [0.1, 0.15) is 49.9 Å². The zero-order valence-corrected chi connectivity index (χ0v) is 43.8. The maximum atomic E-state index is 5.18. The molecule has 0 N–H and O–H groups in total. The zero-order valence-electron chi connectivity index (χ0n) is 43.8. The number of benzene rings is 10. The van der Waals surface area contributed by atoms with Crippen LogP contribution in [-0.2, 0) is 10.8 Å². The number of rotatable bonds is 9. The first kappa shape index (κ1) is 46.7. The standard InChI is InChI=1S/C72H52N6/c1-71(2)61-26-15-14-25-57(61)58-40-37-55(44-62(58)71)52-23-16-24-56(41-52)70-77-67(49-21-12-7-13-22-49)76-69(78-70)51-33-29-46(30-34-51)54-36-39-60-59-38-35-53(42-63(59)72(3,4)64(60)43-54)45-27-31-50(32-28-45)68-74-65(47-17-8-5-9-18-47)73-66(75-68)48-19-10-6-11-20-48/h5-44H,1-4H3. The summed E-state index contributed by atoms with van der Waals surface area (Å²) in [6.45, 7) is 9.34. The third kappa shape index (κ3) is 8.12. The molecule has 2 aliphatic carbocycles. The summed E-state index contributed by atoms with van der Waals surface area (Å²) in [5.74, 6) is 3.84. The van der Waals surface area contributed by atoms with Gasteiger partial charge in [0.2, 0.25) is 0 Å². The van der Waals surface area contributed by atoms with Crippen LogP contribution < -0.4 is 0 Å².